The van der Waals surface area contributed by atoms with Crippen molar-refractivity contribution in [1.82, 2.24) is 4.90 Å². The molecule has 0 unspecified atom stereocenters. The second-order valence-corrected chi connectivity index (χ2v) is 5.19. The lowest BCUT2D eigenvalue weighted by Crippen LogP contribution is -2.36. The first-order valence-corrected chi connectivity index (χ1v) is 6.27. The molecule has 0 aromatic carbocycles. The van der Waals surface area contributed by atoms with Crippen molar-refractivity contribution in [2.75, 3.05) is 26.2 Å². The van der Waals surface area contributed by atoms with Crippen LogP contribution in [0.4, 0.5) is 0 Å². The number of nitrogens with two attached hydrogens (primary N) is 1. The molecule has 1 aliphatic carbocycles. The monoisotopic (exact) mass is 196 g/mol. The van der Waals surface area contributed by atoms with E-state index in [4.69, 9.17) is 5.73 Å². The summed E-state index contributed by atoms with van der Waals surface area (Å²) >= 11 is 0. The molecule has 2 N–H and O–H groups in total. The van der Waals surface area contributed by atoms with Crippen molar-refractivity contribution < 1.29 is 0 Å². The lowest BCUT2D eigenvalue weighted by atomic mass is 9.64. The lowest BCUT2D eigenvalue weighted by molar-refractivity contribution is 0.0932. The second kappa shape index (κ2) is 4.63. The second-order valence-electron chi connectivity index (χ2n) is 5.19. The summed E-state index contributed by atoms with van der Waals surface area (Å²) in [6.07, 6.45) is 9.84. The zero-order valence-corrected chi connectivity index (χ0v) is 9.30. The van der Waals surface area contributed by atoms with E-state index in [0.29, 0.717) is 5.41 Å². The van der Waals surface area contributed by atoms with Crippen LogP contribution in [0.5, 0.6) is 0 Å². The fourth-order valence-electron chi connectivity index (χ4n) is 3.01. The van der Waals surface area contributed by atoms with E-state index in [-0.39, 0.29) is 0 Å². The van der Waals surface area contributed by atoms with Gasteiger partial charge < -0.3 is 10.6 Å². The third-order valence-corrected chi connectivity index (χ3v) is 4.25. The highest BCUT2D eigenvalue weighted by atomic mass is 15.1. The summed E-state index contributed by atoms with van der Waals surface area (Å²) < 4.78 is 0. The van der Waals surface area contributed by atoms with E-state index >= 15 is 0 Å². The summed E-state index contributed by atoms with van der Waals surface area (Å²) in [7, 11) is 0. The largest absolute Gasteiger partial charge is 0.330 e. The minimum atomic E-state index is 0.664. The predicted octanol–water partition coefficient (Wildman–Crippen LogP) is 1.99. The van der Waals surface area contributed by atoms with E-state index in [2.05, 4.69) is 4.90 Å². The number of likely N-dealkylation sites (tertiary alicyclic amines) is 1. The van der Waals surface area contributed by atoms with Gasteiger partial charge in [-0.15, -0.1) is 0 Å². The van der Waals surface area contributed by atoms with Crippen LogP contribution < -0.4 is 5.73 Å². The van der Waals surface area contributed by atoms with E-state index in [1.54, 1.807) is 0 Å². The van der Waals surface area contributed by atoms with Gasteiger partial charge in [0.25, 0.3) is 0 Å². The van der Waals surface area contributed by atoms with Gasteiger partial charge in [-0.3, -0.25) is 0 Å². The first-order chi connectivity index (χ1) is 6.85. The van der Waals surface area contributed by atoms with Crippen LogP contribution in [0, 0.1) is 5.41 Å². The Morgan fingerprint density at radius 3 is 2.21 bits per heavy atom. The van der Waals surface area contributed by atoms with Gasteiger partial charge in [0.2, 0.25) is 0 Å². The molecule has 0 bridgehead atoms. The number of rotatable bonds is 5. The Labute approximate surface area is 87.8 Å². The molecule has 0 atom stereocenters. The molecule has 2 aliphatic rings. The Kier molecular flexibility index (Phi) is 3.45. The maximum atomic E-state index is 5.69. The first-order valence-electron chi connectivity index (χ1n) is 6.27. The van der Waals surface area contributed by atoms with Gasteiger partial charge in [-0.2, -0.15) is 0 Å². The Balaban J connectivity index is 1.71. The van der Waals surface area contributed by atoms with Gasteiger partial charge in [0, 0.05) is 0 Å². The molecule has 2 nitrogen and oxygen atoms in total. The van der Waals surface area contributed by atoms with Gasteiger partial charge in [-0.25, -0.2) is 0 Å². The van der Waals surface area contributed by atoms with Crippen molar-refractivity contribution in [2.24, 2.45) is 11.1 Å². The average molecular weight is 196 g/mol. The molecule has 2 heteroatoms. The minimum absolute atomic E-state index is 0.664. The van der Waals surface area contributed by atoms with E-state index in [0.717, 1.165) is 6.54 Å². The molecule has 0 aromatic heterocycles. The molecule has 0 aromatic rings. The van der Waals surface area contributed by atoms with Crippen molar-refractivity contribution in [2.45, 2.75) is 44.9 Å². The maximum absolute atomic E-state index is 5.69. The fraction of sp³-hybridized carbons (Fsp3) is 1.00. The van der Waals surface area contributed by atoms with Gasteiger partial charge in [0.05, 0.1) is 0 Å². The zero-order valence-electron chi connectivity index (χ0n) is 9.30. The van der Waals surface area contributed by atoms with E-state index in [1.165, 1.54) is 64.6 Å². The van der Waals surface area contributed by atoms with Crippen molar-refractivity contribution in [3.63, 3.8) is 0 Å². The van der Waals surface area contributed by atoms with E-state index < -0.39 is 0 Å². The average Bonchev–Trinajstić information content (AvgIpc) is 2.62. The highest BCUT2D eigenvalue weighted by Crippen LogP contribution is 2.46. The summed E-state index contributed by atoms with van der Waals surface area (Å²) in [5.74, 6) is 0. The van der Waals surface area contributed by atoms with Crippen molar-refractivity contribution >= 4 is 0 Å². The molecule has 0 amide bonds. The van der Waals surface area contributed by atoms with Crippen molar-refractivity contribution in [1.29, 1.82) is 0 Å². The maximum Gasteiger partial charge on any atom is -0.00134 e. The van der Waals surface area contributed by atoms with Crippen LogP contribution in [0.25, 0.3) is 0 Å². The van der Waals surface area contributed by atoms with Gasteiger partial charge in [-0.05, 0) is 70.1 Å². The lowest BCUT2D eigenvalue weighted by Gasteiger charge is -2.43. The minimum Gasteiger partial charge on any atom is -0.330 e. The molecule has 1 saturated carbocycles. The van der Waals surface area contributed by atoms with E-state index in [9.17, 15) is 0 Å². The SMILES string of the molecule is NCCC1(CCN2CCCC2)CCC1. The standard InChI is InChI=1S/C12H24N2/c13-8-6-12(4-3-5-12)7-11-14-9-1-2-10-14/h1-11,13H2. The molecule has 14 heavy (non-hydrogen) atoms. The topological polar surface area (TPSA) is 29.3 Å². The number of nitrogens with zero attached hydrogens (tertiary/aromatic N) is 1. The van der Waals surface area contributed by atoms with Gasteiger partial charge in [-0.1, -0.05) is 6.42 Å². The highest BCUT2D eigenvalue weighted by Gasteiger charge is 2.35. The molecule has 0 spiro atoms. The van der Waals surface area contributed by atoms with E-state index in [1.807, 2.05) is 0 Å². The molecule has 0 radical (unpaired) electrons. The number of hydrogen-bond acceptors (Lipinski definition) is 2. The molecule has 2 fully saturated rings. The van der Waals surface area contributed by atoms with Crippen LogP contribution in [0.3, 0.4) is 0 Å². The molecular formula is C12H24N2. The van der Waals surface area contributed by atoms with Crippen molar-refractivity contribution in [3.05, 3.63) is 0 Å². The molecule has 82 valence electrons. The van der Waals surface area contributed by atoms with Gasteiger partial charge in [0.1, 0.15) is 0 Å². The Hall–Kier alpha value is -0.0800. The quantitative estimate of drug-likeness (QED) is 0.728. The van der Waals surface area contributed by atoms with Crippen LogP contribution >= 0.6 is 0 Å². The van der Waals surface area contributed by atoms with Gasteiger partial charge in [0.15, 0.2) is 0 Å². The van der Waals surface area contributed by atoms with Crippen LogP contribution in [0.2, 0.25) is 0 Å². The smallest absolute Gasteiger partial charge is 0.00134 e. The van der Waals surface area contributed by atoms with Crippen LogP contribution in [0.1, 0.15) is 44.9 Å². The normalized spacial score (nSPS) is 26.4. The van der Waals surface area contributed by atoms with Crippen molar-refractivity contribution in [3.8, 4) is 0 Å². The zero-order chi connectivity index (χ0) is 9.86. The highest BCUT2D eigenvalue weighted by molar-refractivity contribution is 4.88. The summed E-state index contributed by atoms with van der Waals surface area (Å²) in [6.45, 7) is 4.91. The molecule has 1 heterocycles. The predicted molar refractivity (Wildman–Crippen MR) is 60.2 cm³/mol. The Morgan fingerprint density at radius 1 is 1.00 bits per heavy atom. The molecular weight excluding hydrogens is 172 g/mol. The molecule has 1 aliphatic heterocycles. The van der Waals surface area contributed by atoms with Gasteiger partial charge >= 0.3 is 0 Å². The summed E-state index contributed by atoms with van der Waals surface area (Å²) in [5.41, 5.74) is 6.36. The fourth-order valence-corrected chi connectivity index (χ4v) is 3.01. The summed E-state index contributed by atoms with van der Waals surface area (Å²) in [6, 6.07) is 0. The molecule has 2 rings (SSSR count). The molecule has 1 saturated heterocycles. The van der Waals surface area contributed by atoms with Crippen LogP contribution in [0.15, 0.2) is 0 Å². The third kappa shape index (κ3) is 2.29. The Bertz CT molecular complexity index is 169. The van der Waals surface area contributed by atoms with Crippen LogP contribution in [-0.2, 0) is 0 Å². The third-order valence-electron chi connectivity index (χ3n) is 4.25. The van der Waals surface area contributed by atoms with Crippen LogP contribution in [-0.4, -0.2) is 31.1 Å². The first kappa shape index (κ1) is 10.4. The summed E-state index contributed by atoms with van der Waals surface area (Å²) in [5, 5.41) is 0. The number of hydrogen-bond donors (Lipinski definition) is 1. The Morgan fingerprint density at radius 2 is 1.71 bits per heavy atom. The summed E-state index contributed by atoms with van der Waals surface area (Å²) in [4.78, 5) is 2.64.